The van der Waals surface area contributed by atoms with E-state index in [0.717, 1.165) is 11.1 Å². The molecule has 4 unspecified atom stereocenters. The van der Waals surface area contributed by atoms with Crippen molar-refractivity contribution in [1.29, 1.82) is 0 Å². The molecule has 2 aliphatic rings. The number of likely N-dealkylation sites (N-methyl/N-ethyl adjacent to an activating group) is 2. The molecule has 260 valence electrons. The molecule has 0 aliphatic carbocycles. The standard InChI is InChI=1S/C18H25N3O5.C17H13FNO3.W/c1-18(2)14(20-15(21(18,4)24)13(19-3)16(20)22)17(23)26-10-11-6-8-12(25-5)9-7-11;1-10-14-8-11(18)2-5-15(14)19-17(10)13-4-3-12(9-16(13)21)22-7-6-20;/h6-9,13-15,19H,10H2,1-5H3;2-6,8-9,19,21H,1,7H2;/q;-1;. The second kappa shape index (κ2) is 14.6. The first kappa shape index (κ1) is 37.4. The van der Waals surface area contributed by atoms with Gasteiger partial charge in [0.25, 0.3) is 5.91 Å². The number of aldehydes is 1. The molecule has 3 N–H and O–H groups in total. The number of ether oxygens (including phenoxy) is 3. The van der Waals surface area contributed by atoms with Crippen molar-refractivity contribution in [2.45, 2.75) is 44.2 Å². The van der Waals surface area contributed by atoms with Gasteiger partial charge in [-0.1, -0.05) is 30.0 Å². The number of amides is 1. The minimum Gasteiger partial charge on any atom is -0.631 e. The quantitative estimate of drug-likeness (QED) is 0.0567. The summed E-state index contributed by atoms with van der Waals surface area (Å²) in [6.07, 6.45) is 0.00618. The van der Waals surface area contributed by atoms with Crippen molar-refractivity contribution in [3.8, 4) is 28.5 Å². The molecule has 1 amide bonds. The number of hydroxylamine groups is 3. The summed E-state index contributed by atoms with van der Waals surface area (Å²) in [6, 6.07) is 14.8. The Morgan fingerprint density at radius 3 is 2.45 bits per heavy atom. The van der Waals surface area contributed by atoms with Crippen LogP contribution in [0.25, 0.3) is 22.2 Å². The molecule has 0 radical (unpaired) electrons. The van der Waals surface area contributed by atoms with E-state index >= 15 is 0 Å². The summed E-state index contributed by atoms with van der Waals surface area (Å²) in [7, 11) is 4.72. The van der Waals surface area contributed by atoms with Crippen LogP contribution in [-0.2, 0) is 46.8 Å². The molecule has 2 fully saturated rings. The second-order valence-corrected chi connectivity index (χ2v) is 12.3. The molecule has 3 aromatic carbocycles. The number of carbonyl (C=O) groups is 3. The van der Waals surface area contributed by atoms with Crippen LogP contribution in [0.2, 0.25) is 0 Å². The van der Waals surface area contributed by atoms with E-state index in [0.29, 0.717) is 40.0 Å². The van der Waals surface area contributed by atoms with Gasteiger partial charge in [0.1, 0.15) is 41.8 Å². The smallest absolute Gasteiger partial charge is 0.335 e. The van der Waals surface area contributed by atoms with Crippen LogP contribution in [0.4, 0.5) is 4.39 Å². The number of aromatic hydroxyl groups is 1. The maximum Gasteiger partial charge on any atom is 0.335 e. The number of nitrogens with one attached hydrogen (secondary N) is 2. The number of hydrogen-bond donors (Lipinski definition) is 3. The maximum absolute atomic E-state index is 13.3. The van der Waals surface area contributed by atoms with Crippen LogP contribution in [0.15, 0.2) is 60.7 Å². The molecule has 2 saturated heterocycles. The van der Waals surface area contributed by atoms with Gasteiger partial charge in [0.05, 0.1) is 14.2 Å². The molecular weight excluding hydrogens is 807 g/mol. The Morgan fingerprint density at radius 1 is 1.16 bits per heavy atom. The molecule has 4 aromatic rings. The zero-order valence-corrected chi connectivity index (χ0v) is 30.6. The van der Waals surface area contributed by atoms with Crippen LogP contribution in [0.1, 0.15) is 25.0 Å². The van der Waals surface area contributed by atoms with Crippen LogP contribution in [0.5, 0.6) is 17.2 Å². The van der Waals surface area contributed by atoms with Gasteiger partial charge in [-0.2, -0.15) is 12.5 Å². The van der Waals surface area contributed by atoms with Crippen LogP contribution >= 0.6 is 0 Å². The number of fused-ring (bicyclic) bond motifs is 2. The van der Waals surface area contributed by atoms with E-state index in [2.05, 4.69) is 17.2 Å². The topological polar surface area (TPSA) is 153 Å². The molecule has 1 aromatic heterocycles. The van der Waals surface area contributed by atoms with Crippen molar-refractivity contribution in [2.24, 2.45) is 0 Å². The predicted octanol–water partition coefficient (Wildman–Crippen LogP) is 4.04. The fraction of sp³-hybridized carbons (Fsp3) is 0.314. The summed E-state index contributed by atoms with van der Waals surface area (Å²) >= 11 is 0. The SMILES string of the molecule is CNC1C(=O)N2C(C(=O)OCc3ccc(OC)cc3)C(C)(C)[N+](C)([O-])C12.[CH2-]c1c(-c2ccc(OCC=O)cc2O)[nH]c2ccc(F)cc12.[W]. The first-order valence-corrected chi connectivity index (χ1v) is 15.2. The van der Waals surface area contributed by atoms with Gasteiger partial charge >= 0.3 is 5.97 Å². The van der Waals surface area contributed by atoms with E-state index in [4.69, 9.17) is 14.2 Å². The van der Waals surface area contributed by atoms with E-state index in [1.807, 2.05) is 0 Å². The molecule has 0 spiro atoms. The van der Waals surface area contributed by atoms with Crippen molar-refractivity contribution in [2.75, 3.05) is 27.8 Å². The summed E-state index contributed by atoms with van der Waals surface area (Å²) in [4.78, 5) is 40.0. The second-order valence-electron chi connectivity index (χ2n) is 12.3. The van der Waals surface area contributed by atoms with Crippen LogP contribution < -0.4 is 14.8 Å². The number of halogens is 1. The summed E-state index contributed by atoms with van der Waals surface area (Å²) in [5.41, 5.74) is 2.27. The zero-order valence-electron chi connectivity index (χ0n) is 27.7. The number of β-lactam (4-membered cyclic amide) rings is 1. The number of quaternary nitrogens is 1. The van der Waals surface area contributed by atoms with Crippen molar-refractivity contribution < 1.29 is 63.8 Å². The Bertz CT molecular complexity index is 1850. The molecule has 14 heteroatoms. The number of phenols is 1. The molecule has 12 nitrogen and oxygen atoms in total. The number of methoxy groups -OCH3 is 1. The van der Waals surface area contributed by atoms with E-state index in [1.165, 1.54) is 30.1 Å². The molecular formula is C35H38FN4O8W-. The Morgan fingerprint density at radius 2 is 1.84 bits per heavy atom. The van der Waals surface area contributed by atoms with Gasteiger partial charge in [-0.15, -0.1) is 5.39 Å². The third-order valence-corrected chi connectivity index (χ3v) is 9.20. The molecule has 4 atom stereocenters. The first-order chi connectivity index (χ1) is 22.8. The monoisotopic (exact) mass is 845 g/mol. The summed E-state index contributed by atoms with van der Waals surface area (Å²) in [6.45, 7) is 7.36. The molecule has 2 aliphatic heterocycles. The summed E-state index contributed by atoms with van der Waals surface area (Å²) in [5.74, 6) is -0.0547. The summed E-state index contributed by atoms with van der Waals surface area (Å²) < 4.78 is 28.3. The normalized spacial score (nSPS) is 21.8. The molecule has 0 bridgehead atoms. The van der Waals surface area contributed by atoms with Crippen molar-refractivity contribution in [1.82, 2.24) is 15.2 Å². The fourth-order valence-corrected chi connectivity index (χ4v) is 6.25. The van der Waals surface area contributed by atoms with E-state index in [9.17, 15) is 29.1 Å². The van der Waals surface area contributed by atoms with Crippen molar-refractivity contribution in [3.63, 3.8) is 0 Å². The van der Waals surface area contributed by atoms with E-state index < -0.39 is 34.4 Å². The van der Waals surface area contributed by atoms with E-state index in [1.54, 1.807) is 70.5 Å². The van der Waals surface area contributed by atoms with Crippen molar-refractivity contribution in [3.05, 3.63) is 89.7 Å². The minimum atomic E-state index is -1.01. The number of phenolic OH excluding ortho intramolecular Hbond substituents is 1. The Balaban J connectivity index is 0.000000219. The molecule has 3 heterocycles. The Hall–Kier alpha value is -4.42. The minimum absolute atomic E-state index is 0. The van der Waals surface area contributed by atoms with Crippen LogP contribution in [0.3, 0.4) is 0 Å². The van der Waals surface area contributed by atoms with Gasteiger partial charge in [-0.3, -0.25) is 14.5 Å². The number of aromatic nitrogens is 1. The number of hydrogen-bond acceptors (Lipinski definition) is 9. The molecule has 6 rings (SSSR count). The number of nitrogens with zero attached hydrogens (tertiary/aromatic N) is 2. The van der Waals surface area contributed by atoms with Gasteiger partial charge in [0.2, 0.25) is 0 Å². The van der Waals surface area contributed by atoms with E-state index in [-0.39, 0.29) is 51.8 Å². The zero-order chi connectivity index (χ0) is 35.0. The third-order valence-electron chi connectivity index (χ3n) is 9.20. The number of carbonyl (C=O) groups excluding carboxylic acids is 3. The number of benzene rings is 3. The van der Waals surface area contributed by atoms with Gasteiger partial charge in [0.15, 0.2) is 24.5 Å². The van der Waals surface area contributed by atoms with Gasteiger partial charge in [0, 0.05) is 27.1 Å². The largest absolute Gasteiger partial charge is 0.631 e. The molecule has 49 heavy (non-hydrogen) atoms. The fourth-order valence-electron chi connectivity index (χ4n) is 6.25. The summed E-state index contributed by atoms with van der Waals surface area (Å²) in [5, 5.41) is 26.9. The maximum atomic E-state index is 13.3. The van der Waals surface area contributed by atoms with Gasteiger partial charge < -0.3 is 39.5 Å². The number of H-pyrrole nitrogens is 1. The van der Waals surface area contributed by atoms with Crippen LogP contribution in [0, 0.1) is 17.9 Å². The van der Waals surface area contributed by atoms with Gasteiger partial charge in [-0.05, 0) is 67.9 Å². The first-order valence-electron chi connectivity index (χ1n) is 15.2. The van der Waals surface area contributed by atoms with Gasteiger partial charge in [-0.25, -0.2) is 9.18 Å². The number of aromatic amines is 1. The predicted molar refractivity (Wildman–Crippen MR) is 175 cm³/mol. The average Bonchev–Trinajstić information content (AvgIpc) is 3.45. The third kappa shape index (κ3) is 6.76. The Labute approximate surface area is 297 Å². The number of rotatable bonds is 9. The van der Waals surface area contributed by atoms with Crippen molar-refractivity contribution >= 4 is 29.1 Å². The molecule has 0 saturated carbocycles. The van der Waals surface area contributed by atoms with Crippen LogP contribution in [-0.4, -0.2) is 89.4 Å². The number of esters is 1. The average molecular weight is 846 g/mol. The Kier molecular flexibility index (Phi) is 11.1.